The number of halogens is 5. The Morgan fingerprint density at radius 3 is 2.61 bits per heavy atom. The van der Waals surface area contributed by atoms with Crippen LogP contribution in [0.25, 0.3) is 0 Å². The highest BCUT2D eigenvalue weighted by atomic mass is 127. The summed E-state index contributed by atoms with van der Waals surface area (Å²) in [5.41, 5.74) is 0.641. The fourth-order valence-corrected chi connectivity index (χ4v) is 2.13. The van der Waals surface area contributed by atoms with Gasteiger partial charge in [-0.2, -0.15) is 13.2 Å². The quantitative estimate of drug-likeness (QED) is 0.774. The van der Waals surface area contributed by atoms with E-state index in [2.05, 4.69) is 5.32 Å². The summed E-state index contributed by atoms with van der Waals surface area (Å²) in [4.78, 5) is 11.1. The van der Waals surface area contributed by atoms with Crippen molar-refractivity contribution in [1.82, 2.24) is 5.32 Å². The molecule has 1 rings (SSSR count). The number of benzene rings is 1. The van der Waals surface area contributed by atoms with Gasteiger partial charge < -0.3 is 10.6 Å². The Labute approximate surface area is 120 Å². The molecule has 0 aliphatic carbocycles. The number of nitrogens with one attached hydrogen (secondary N) is 2. The molecule has 1 aromatic carbocycles. The van der Waals surface area contributed by atoms with Crippen molar-refractivity contribution in [3.8, 4) is 0 Å². The summed E-state index contributed by atoms with van der Waals surface area (Å²) < 4.78 is 36.3. The van der Waals surface area contributed by atoms with Crippen LogP contribution in [0, 0.1) is 3.57 Å². The standard InChI is InChI=1S/C10H9ClF3IN2O/c11-6-1-2-8(7(15)3-6)16-4-9(18)17-5-10(12,13)14/h1-3,16H,4-5H2,(H,17,18). The summed E-state index contributed by atoms with van der Waals surface area (Å²) in [5, 5.41) is 5.05. The Balaban J connectivity index is 2.43. The van der Waals surface area contributed by atoms with Gasteiger partial charge in [-0.1, -0.05) is 11.6 Å². The molecule has 1 aromatic rings. The molecule has 18 heavy (non-hydrogen) atoms. The van der Waals surface area contributed by atoms with Crippen LogP contribution in [0.2, 0.25) is 5.02 Å². The van der Waals surface area contributed by atoms with E-state index in [0.29, 0.717) is 10.7 Å². The molecule has 0 heterocycles. The first-order valence-electron chi connectivity index (χ1n) is 4.80. The number of rotatable bonds is 4. The summed E-state index contributed by atoms with van der Waals surface area (Å²) in [5.74, 6) is -0.724. The first kappa shape index (κ1) is 15.4. The third-order valence-electron chi connectivity index (χ3n) is 1.86. The lowest BCUT2D eigenvalue weighted by molar-refractivity contribution is -0.137. The van der Waals surface area contributed by atoms with E-state index >= 15 is 0 Å². The number of carbonyl (C=O) groups is 1. The molecule has 1 amide bonds. The summed E-state index contributed by atoms with van der Waals surface area (Å²) in [6, 6.07) is 4.96. The van der Waals surface area contributed by atoms with Gasteiger partial charge in [0, 0.05) is 14.3 Å². The first-order chi connectivity index (χ1) is 8.28. The Hall–Kier alpha value is -0.700. The van der Waals surface area contributed by atoms with Crippen LogP contribution in [-0.2, 0) is 4.79 Å². The lowest BCUT2D eigenvalue weighted by atomic mass is 10.3. The van der Waals surface area contributed by atoms with Crippen molar-refractivity contribution < 1.29 is 18.0 Å². The molecule has 0 spiro atoms. The van der Waals surface area contributed by atoms with Crippen LogP contribution in [-0.4, -0.2) is 25.2 Å². The van der Waals surface area contributed by atoms with Crippen molar-refractivity contribution >= 4 is 45.8 Å². The molecule has 2 N–H and O–H groups in total. The molecule has 0 radical (unpaired) electrons. The zero-order valence-electron chi connectivity index (χ0n) is 8.94. The molecule has 0 fully saturated rings. The highest BCUT2D eigenvalue weighted by Crippen LogP contribution is 2.21. The minimum atomic E-state index is -4.40. The number of alkyl halides is 3. The first-order valence-corrected chi connectivity index (χ1v) is 6.26. The number of hydrogen-bond donors (Lipinski definition) is 2. The Kier molecular flexibility index (Phi) is 5.51. The Morgan fingerprint density at radius 1 is 1.39 bits per heavy atom. The van der Waals surface area contributed by atoms with Gasteiger partial charge in [-0.05, 0) is 40.8 Å². The topological polar surface area (TPSA) is 41.1 Å². The van der Waals surface area contributed by atoms with Crippen LogP contribution >= 0.6 is 34.2 Å². The molecule has 0 aromatic heterocycles. The molecular weight excluding hydrogens is 383 g/mol. The molecule has 0 saturated carbocycles. The summed E-state index contributed by atoms with van der Waals surface area (Å²) in [6.07, 6.45) is -4.40. The van der Waals surface area contributed by atoms with E-state index in [1.165, 1.54) is 0 Å². The van der Waals surface area contributed by atoms with Crippen molar-refractivity contribution in [2.75, 3.05) is 18.4 Å². The van der Waals surface area contributed by atoms with Gasteiger partial charge in [-0.25, -0.2) is 0 Å². The van der Waals surface area contributed by atoms with Crippen LogP contribution < -0.4 is 10.6 Å². The maximum Gasteiger partial charge on any atom is 0.405 e. The third-order valence-corrected chi connectivity index (χ3v) is 2.98. The molecular formula is C10H9ClF3IN2O. The second-order valence-corrected chi connectivity index (χ2v) is 4.97. The van der Waals surface area contributed by atoms with Gasteiger partial charge in [0.1, 0.15) is 6.54 Å². The van der Waals surface area contributed by atoms with E-state index in [0.717, 1.165) is 3.57 Å². The fourth-order valence-electron chi connectivity index (χ4n) is 1.07. The average molecular weight is 393 g/mol. The third kappa shape index (κ3) is 5.76. The minimum absolute atomic E-state index is 0.228. The van der Waals surface area contributed by atoms with E-state index in [1.54, 1.807) is 23.5 Å². The fraction of sp³-hybridized carbons (Fsp3) is 0.300. The molecule has 100 valence electrons. The van der Waals surface area contributed by atoms with Crippen LogP contribution in [0.3, 0.4) is 0 Å². The van der Waals surface area contributed by atoms with Gasteiger partial charge in [-0.15, -0.1) is 0 Å². The number of carbonyl (C=O) groups excluding carboxylic acids is 1. The molecule has 0 saturated heterocycles. The van der Waals surface area contributed by atoms with Crippen molar-refractivity contribution in [3.05, 3.63) is 26.8 Å². The smallest absolute Gasteiger partial charge is 0.375 e. The van der Waals surface area contributed by atoms with Gasteiger partial charge >= 0.3 is 6.18 Å². The molecule has 0 atom stereocenters. The molecule has 0 aliphatic heterocycles. The van der Waals surface area contributed by atoms with Crippen molar-refractivity contribution in [3.63, 3.8) is 0 Å². The van der Waals surface area contributed by atoms with E-state index in [1.807, 2.05) is 22.6 Å². The SMILES string of the molecule is O=C(CNc1ccc(Cl)cc1I)NCC(F)(F)F. The van der Waals surface area contributed by atoms with Gasteiger partial charge in [-0.3, -0.25) is 4.79 Å². The van der Waals surface area contributed by atoms with Crippen molar-refractivity contribution in [1.29, 1.82) is 0 Å². The highest BCUT2D eigenvalue weighted by Gasteiger charge is 2.27. The summed E-state index contributed by atoms with van der Waals surface area (Å²) in [7, 11) is 0. The molecule has 0 unspecified atom stereocenters. The van der Waals surface area contributed by atoms with Gasteiger partial charge in [0.25, 0.3) is 0 Å². The molecule has 0 aliphatic rings. The molecule has 8 heteroatoms. The van der Waals surface area contributed by atoms with Crippen molar-refractivity contribution in [2.24, 2.45) is 0 Å². The lowest BCUT2D eigenvalue weighted by Gasteiger charge is -2.10. The monoisotopic (exact) mass is 392 g/mol. The van der Waals surface area contributed by atoms with Crippen LogP contribution in [0.5, 0.6) is 0 Å². The highest BCUT2D eigenvalue weighted by molar-refractivity contribution is 14.1. The molecule has 3 nitrogen and oxygen atoms in total. The van der Waals surface area contributed by atoms with Crippen LogP contribution in [0.4, 0.5) is 18.9 Å². The normalized spacial score (nSPS) is 11.2. The zero-order valence-corrected chi connectivity index (χ0v) is 11.9. The predicted molar refractivity (Wildman–Crippen MR) is 71.7 cm³/mol. The lowest BCUT2D eigenvalue weighted by Crippen LogP contribution is -2.37. The van der Waals surface area contributed by atoms with Gasteiger partial charge in [0.15, 0.2) is 0 Å². The van der Waals surface area contributed by atoms with Crippen LogP contribution in [0.15, 0.2) is 18.2 Å². The van der Waals surface area contributed by atoms with E-state index in [-0.39, 0.29) is 6.54 Å². The van der Waals surface area contributed by atoms with E-state index in [9.17, 15) is 18.0 Å². The number of hydrogen-bond acceptors (Lipinski definition) is 2. The maximum absolute atomic E-state index is 11.8. The summed E-state index contributed by atoms with van der Waals surface area (Å²) >= 11 is 7.75. The number of anilines is 1. The Bertz CT molecular complexity index is 440. The largest absolute Gasteiger partial charge is 0.405 e. The second kappa shape index (κ2) is 6.46. The van der Waals surface area contributed by atoms with Crippen LogP contribution in [0.1, 0.15) is 0 Å². The van der Waals surface area contributed by atoms with Gasteiger partial charge in [0.05, 0.1) is 6.54 Å². The average Bonchev–Trinajstić information content (AvgIpc) is 2.24. The molecule has 0 bridgehead atoms. The van der Waals surface area contributed by atoms with Crippen molar-refractivity contribution in [2.45, 2.75) is 6.18 Å². The van der Waals surface area contributed by atoms with E-state index < -0.39 is 18.6 Å². The zero-order chi connectivity index (χ0) is 13.8. The predicted octanol–water partition coefficient (Wildman–Crippen LogP) is 3.04. The summed E-state index contributed by atoms with van der Waals surface area (Å²) in [6.45, 7) is -1.56. The Morgan fingerprint density at radius 2 is 2.06 bits per heavy atom. The number of amides is 1. The second-order valence-electron chi connectivity index (χ2n) is 3.37. The van der Waals surface area contributed by atoms with Gasteiger partial charge in [0.2, 0.25) is 5.91 Å². The maximum atomic E-state index is 11.8. The van der Waals surface area contributed by atoms with E-state index in [4.69, 9.17) is 11.6 Å². The minimum Gasteiger partial charge on any atom is -0.375 e.